The molecule has 0 N–H and O–H groups in total. The molecule has 2 aromatic rings. The van der Waals surface area contributed by atoms with Crippen molar-refractivity contribution in [1.29, 1.82) is 0 Å². The third-order valence-corrected chi connectivity index (χ3v) is 2.98. The number of fused-ring (bicyclic) bond motifs is 1. The molecule has 0 aliphatic carbocycles. The van der Waals surface area contributed by atoms with Gasteiger partial charge in [-0.05, 0) is 17.5 Å². The second kappa shape index (κ2) is 4.06. The highest BCUT2D eigenvalue weighted by molar-refractivity contribution is 5.29. The summed E-state index contributed by atoms with van der Waals surface area (Å²) in [5.74, 6) is 0.763. The van der Waals surface area contributed by atoms with E-state index in [9.17, 15) is 0 Å². The zero-order valence-corrected chi connectivity index (χ0v) is 8.97. The lowest BCUT2D eigenvalue weighted by molar-refractivity contribution is 0.235. The van der Waals surface area contributed by atoms with E-state index in [-0.39, 0.29) is 0 Å². The van der Waals surface area contributed by atoms with E-state index in [0.29, 0.717) is 0 Å². The Morgan fingerprint density at radius 3 is 2.94 bits per heavy atom. The van der Waals surface area contributed by atoms with E-state index >= 15 is 0 Å². The Hall–Kier alpha value is -1.68. The largest absolute Gasteiger partial charge is 0.343 e. The van der Waals surface area contributed by atoms with E-state index in [1.165, 1.54) is 17.5 Å². The Balaban J connectivity index is 1.73. The van der Waals surface area contributed by atoms with Crippen LogP contribution in [0.5, 0.6) is 0 Å². The van der Waals surface area contributed by atoms with Gasteiger partial charge in [0, 0.05) is 13.1 Å². The van der Waals surface area contributed by atoms with Crippen molar-refractivity contribution in [2.24, 2.45) is 0 Å². The van der Waals surface area contributed by atoms with Crippen LogP contribution in [-0.4, -0.2) is 21.6 Å². The van der Waals surface area contributed by atoms with E-state index in [0.717, 1.165) is 31.9 Å². The number of rotatable bonds is 2. The summed E-state index contributed by atoms with van der Waals surface area (Å²) < 4.78 is 4.74. The van der Waals surface area contributed by atoms with Gasteiger partial charge in [-0.15, -0.1) is 0 Å². The molecular weight excluding hydrogens is 202 g/mol. The molecule has 0 atom stereocenters. The highest BCUT2D eigenvalue weighted by Gasteiger charge is 2.16. The number of benzene rings is 1. The molecule has 0 fully saturated rings. The van der Waals surface area contributed by atoms with E-state index in [2.05, 4.69) is 39.3 Å². The minimum atomic E-state index is 0.763. The molecule has 1 aliphatic rings. The molecule has 1 aromatic heterocycles. The van der Waals surface area contributed by atoms with Crippen LogP contribution in [0.3, 0.4) is 0 Å². The molecule has 0 bridgehead atoms. The monoisotopic (exact) mass is 215 g/mol. The third kappa shape index (κ3) is 1.84. The van der Waals surface area contributed by atoms with Crippen LogP contribution in [0.1, 0.15) is 17.0 Å². The van der Waals surface area contributed by atoms with Crippen molar-refractivity contribution in [1.82, 2.24) is 15.0 Å². The topological polar surface area (TPSA) is 42.2 Å². The van der Waals surface area contributed by atoms with Crippen molar-refractivity contribution < 1.29 is 4.52 Å². The first kappa shape index (κ1) is 9.54. The van der Waals surface area contributed by atoms with E-state index < -0.39 is 0 Å². The Morgan fingerprint density at radius 1 is 1.25 bits per heavy atom. The smallest absolute Gasteiger partial charge is 0.213 e. The Morgan fingerprint density at radius 2 is 2.12 bits per heavy atom. The summed E-state index contributed by atoms with van der Waals surface area (Å²) in [4.78, 5) is 6.39. The molecule has 0 spiro atoms. The molecule has 82 valence electrons. The quantitative estimate of drug-likeness (QED) is 0.763. The molecule has 4 nitrogen and oxygen atoms in total. The van der Waals surface area contributed by atoms with E-state index in [4.69, 9.17) is 4.52 Å². The van der Waals surface area contributed by atoms with Crippen LogP contribution in [0, 0.1) is 0 Å². The SMILES string of the molecule is c1ccc2c(c1)CCN(Cc1ncon1)C2. The van der Waals surface area contributed by atoms with Crippen molar-refractivity contribution in [3.8, 4) is 0 Å². The van der Waals surface area contributed by atoms with Gasteiger partial charge in [0.25, 0.3) is 0 Å². The summed E-state index contributed by atoms with van der Waals surface area (Å²) >= 11 is 0. The average Bonchev–Trinajstić information content (AvgIpc) is 2.82. The van der Waals surface area contributed by atoms with Crippen molar-refractivity contribution in [3.63, 3.8) is 0 Å². The lowest BCUT2D eigenvalue weighted by Crippen LogP contribution is -2.30. The number of nitrogens with zero attached hydrogens (tertiary/aromatic N) is 3. The van der Waals surface area contributed by atoms with Gasteiger partial charge >= 0.3 is 0 Å². The Bertz CT molecular complexity index is 467. The fourth-order valence-corrected chi connectivity index (χ4v) is 2.15. The third-order valence-electron chi connectivity index (χ3n) is 2.98. The highest BCUT2D eigenvalue weighted by Crippen LogP contribution is 2.19. The maximum atomic E-state index is 4.74. The summed E-state index contributed by atoms with van der Waals surface area (Å²) in [6, 6.07) is 8.60. The first-order valence-electron chi connectivity index (χ1n) is 5.46. The molecule has 0 saturated heterocycles. The average molecular weight is 215 g/mol. The van der Waals surface area contributed by atoms with Gasteiger partial charge in [-0.25, -0.2) is 0 Å². The Kier molecular flexibility index (Phi) is 2.42. The van der Waals surface area contributed by atoms with E-state index in [1.807, 2.05) is 0 Å². The molecule has 2 heterocycles. The van der Waals surface area contributed by atoms with Gasteiger partial charge < -0.3 is 4.52 Å². The molecule has 1 aliphatic heterocycles. The first-order chi connectivity index (χ1) is 7.92. The zero-order chi connectivity index (χ0) is 10.8. The summed E-state index contributed by atoms with van der Waals surface area (Å²) in [5.41, 5.74) is 2.88. The molecule has 0 unspecified atom stereocenters. The van der Waals surface area contributed by atoms with Gasteiger partial charge in [0.05, 0.1) is 6.54 Å². The minimum Gasteiger partial charge on any atom is -0.343 e. The second-order valence-electron chi connectivity index (χ2n) is 4.08. The van der Waals surface area contributed by atoms with Crippen molar-refractivity contribution in [3.05, 3.63) is 47.6 Å². The van der Waals surface area contributed by atoms with Crippen LogP contribution >= 0.6 is 0 Å². The Labute approximate surface area is 93.9 Å². The lowest BCUT2D eigenvalue weighted by Gasteiger charge is -2.27. The lowest BCUT2D eigenvalue weighted by atomic mass is 10.00. The van der Waals surface area contributed by atoms with Crippen LogP contribution in [0.25, 0.3) is 0 Å². The molecule has 0 radical (unpaired) electrons. The summed E-state index contributed by atoms with van der Waals surface area (Å²) in [7, 11) is 0. The summed E-state index contributed by atoms with van der Waals surface area (Å²) in [6.45, 7) is 2.81. The van der Waals surface area contributed by atoms with Gasteiger partial charge in [-0.1, -0.05) is 29.4 Å². The van der Waals surface area contributed by atoms with Gasteiger partial charge in [0.15, 0.2) is 5.82 Å². The fraction of sp³-hybridized carbons (Fsp3) is 0.333. The number of hydrogen-bond donors (Lipinski definition) is 0. The molecule has 0 saturated carbocycles. The molecule has 4 heteroatoms. The number of hydrogen-bond acceptors (Lipinski definition) is 4. The van der Waals surface area contributed by atoms with Gasteiger partial charge in [0.1, 0.15) is 0 Å². The van der Waals surface area contributed by atoms with Crippen molar-refractivity contribution >= 4 is 0 Å². The normalized spacial score (nSPS) is 16.0. The van der Waals surface area contributed by atoms with Gasteiger partial charge in [0.2, 0.25) is 6.39 Å². The van der Waals surface area contributed by atoms with Gasteiger partial charge in [-0.3, -0.25) is 4.90 Å². The van der Waals surface area contributed by atoms with E-state index in [1.54, 1.807) is 0 Å². The predicted molar refractivity (Wildman–Crippen MR) is 58.6 cm³/mol. The van der Waals surface area contributed by atoms with Crippen LogP contribution < -0.4 is 0 Å². The van der Waals surface area contributed by atoms with Crippen LogP contribution in [-0.2, 0) is 19.5 Å². The molecule has 1 aromatic carbocycles. The summed E-state index contributed by atoms with van der Waals surface area (Å²) in [6.07, 6.45) is 2.49. The summed E-state index contributed by atoms with van der Waals surface area (Å²) in [5, 5.41) is 3.84. The molecule has 3 rings (SSSR count). The maximum Gasteiger partial charge on any atom is 0.213 e. The van der Waals surface area contributed by atoms with Crippen molar-refractivity contribution in [2.45, 2.75) is 19.5 Å². The van der Waals surface area contributed by atoms with Crippen LogP contribution in [0.15, 0.2) is 35.2 Å². The molecule has 0 amide bonds. The molecule has 16 heavy (non-hydrogen) atoms. The van der Waals surface area contributed by atoms with Crippen molar-refractivity contribution in [2.75, 3.05) is 6.54 Å². The maximum absolute atomic E-state index is 4.74. The van der Waals surface area contributed by atoms with Crippen LogP contribution in [0.2, 0.25) is 0 Å². The number of aromatic nitrogens is 2. The molecular formula is C12H13N3O. The zero-order valence-electron chi connectivity index (χ0n) is 8.97. The highest BCUT2D eigenvalue weighted by atomic mass is 16.5. The predicted octanol–water partition coefficient (Wildman–Crippen LogP) is 1.63. The van der Waals surface area contributed by atoms with Crippen LogP contribution in [0.4, 0.5) is 0 Å². The second-order valence-corrected chi connectivity index (χ2v) is 4.08. The fourth-order valence-electron chi connectivity index (χ4n) is 2.15. The minimum absolute atomic E-state index is 0.763. The van der Waals surface area contributed by atoms with Gasteiger partial charge in [-0.2, -0.15) is 4.98 Å². The standard InChI is InChI=1S/C12H13N3O/c1-2-4-11-7-15(6-5-10(11)3-1)8-12-13-9-16-14-12/h1-4,9H,5-8H2. The first-order valence-corrected chi connectivity index (χ1v) is 5.46.